The molecule has 1 aliphatic rings. The summed E-state index contributed by atoms with van der Waals surface area (Å²) in [6.07, 6.45) is -1.48. The second kappa shape index (κ2) is 11.4. The van der Waals surface area contributed by atoms with Crippen molar-refractivity contribution in [1.29, 1.82) is 0 Å². The number of hydrogen-bond acceptors (Lipinski definition) is 4. The van der Waals surface area contributed by atoms with Crippen molar-refractivity contribution in [2.45, 2.75) is 38.3 Å². The molecule has 0 bridgehead atoms. The smallest absolute Gasteiger partial charge is 0.416 e. The van der Waals surface area contributed by atoms with E-state index in [0.717, 1.165) is 67.6 Å². The fourth-order valence-corrected chi connectivity index (χ4v) is 5.18. The average molecular weight is 520 g/mol. The number of fused-ring (bicyclic) bond motifs is 1. The minimum Gasteiger partial charge on any atom is -0.493 e. The molecule has 1 N–H and O–H groups in total. The number of anilines is 2. The first-order chi connectivity index (χ1) is 18.3. The molecule has 3 aromatic carbocycles. The molecule has 198 valence electrons. The van der Waals surface area contributed by atoms with Crippen LogP contribution in [0.25, 0.3) is 10.9 Å². The normalized spacial score (nSPS) is 15.1. The summed E-state index contributed by atoms with van der Waals surface area (Å²) in [6.45, 7) is 5.14. The van der Waals surface area contributed by atoms with Gasteiger partial charge in [-0.2, -0.15) is 13.2 Å². The predicted molar refractivity (Wildman–Crippen MR) is 146 cm³/mol. The molecular weight excluding hydrogens is 487 g/mol. The van der Waals surface area contributed by atoms with E-state index in [-0.39, 0.29) is 5.75 Å². The number of para-hydroxylation sites is 1. The number of ether oxygens (including phenoxy) is 1. The van der Waals surface area contributed by atoms with Crippen LogP contribution >= 0.6 is 0 Å². The summed E-state index contributed by atoms with van der Waals surface area (Å²) in [5.41, 5.74) is 3.26. The Morgan fingerprint density at radius 1 is 0.947 bits per heavy atom. The Balaban J connectivity index is 1.21. The molecule has 4 nitrogen and oxygen atoms in total. The topological polar surface area (TPSA) is 37.4 Å². The van der Waals surface area contributed by atoms with Crippen molar-refractivity contribution >= 4 is 22.3 Å². The summed E-state index contributed by atoms with van der Waals surface area (Å²) in [5, 5.41) is 4.01. The minimum atomic E-state index is -4.48. The maximum absolute atomic E-state index is 13.7. The van der Waals surface area contributed by atoms with E-state index in [0.29, 0.717) is 23.9 Å². The summed E-state index contributed by atoms with van der Waals surface area (Å²) >= 11 is 0. The van der Waals surface area contributed by atoms with Crippen molar-refractivity contribution in [2.75, 3.05) is 31.6 Å². The molecule has 0 saturated carbocycles. The van der Waals surface area contributed by atoms with Crippen LogP contribution in [0, 0.1) is 6.92 Å². The van der Waals surface area contributed by atoms with Crippen LogP contribution in [0.5, 0.6) is 5.75 Å². The minimum absolute atomic E-state index is 0.209. The van der Waals surface area contributed by atoms with E-state index in [9.17, 15) is 13.2 Å². The molecule has 1 fully saturated rings. The molecule has 0 atom stereocenters. The SMILES string of the molecule is Cc1cc(Nc2cc(OCCCN3CCC(c4ccccc4)CC3)cc(C(F)(F)F)c2)c2ccccc2n1. The van der Waals surface area contributed by atoms with Crippen LogP contribution in [0.1, 0.15) is 42.0 Å². The number of piperidine rings is 1. The standard InChI is InChI=1S/C31H32F3N3O/c1-22-18-30(28-10-5-6-11-29(28)35-22)36-26-19-25(31(32,33)34)20-27(21-26)38-17-7-14-37-15-12-24(13-16-37)23-8-3-2-4-9-23/h2-6,8-11,18-21,24H,7,12-17H2,1H3,(H,35,36). The van der Waals surface area contributed by atoms with Crippen LogP contribution in [-0.2, 0) is 6.18 Å². The molecule has 0 radical (unpaired) electrons. The highest BCUT2D eigenvalue weighted by Crippen LogP contribution is 2.36. The summed E-state index contributed by atoms with van der Waals surface area (Å²) in [4.78, 5) is 6.93. The Morgan fingerprint density at radius 2 is 1.68 bits per heavy atom. The van der Waals surface area contributed by atoms with E-state index in [2.05, 4.69) is 39.5 Å². The number of likely N-dealkylation sites (tertiary alicyclic amines) is 1. The second-order valence-corrected chi connectivity index (χ2v) is 9.93. The summed E-state index contributed by atoms with van der Waals surface area (Å²) in [6, 6.07) is 23.9. The van der Waals surface area contributed by atoms with Gasteiger partial charge in [-0.15, -0.1) is 0 Å². The summed E-state index contributed by atoms with van der Waals surface area (Å²) in [5.74, 6) is 0.807. The highest BCUT2D eigenvalue weighted by Gasteiger charge is 2.31. The molecule has 5 rings (SSSR count). The molecule has 2 heterocycles. The van der Waals surface area contributed by atoms with Crippen LogP contribution in [0.15, 0.2) is 78.9 Å². The van der Waals surface area contributed by atoms with Gasteiger partial charge in [0.15, 0.2) is 0 Å². The number of pyridine rings is 1. The van der Waals surface area contributed by atoms with Crippen molar-refractivity contribution in [2.24, 2.45) is 0 Å². The first-order valence-corrected chi connectivity index (χ1v) is 13.1. The van der Waals surface area contributed by atoms with Crippen molar-refractivity contribution in [3.63, 3.8) is 0 Å². The molecule has 1 aliphatic heterocycles. The number of nitrogens with one attached hydrogen (secondary N) is 1. The lowest BCUT2D eigenvalue weighted by molar-refractivity contribution is -0.137. The van der Waals surface area contributed by atoms with Gasteiger partial charge in [0.05, 0.1) is 17.7 Å². The van der Waals surface area contributed by atoms with Gasteiger partial charge in [-0.3, -0.25) is 4.98 Å². The number of benzene rings is 3. The molecule has 38 heavy (non-hydrogen) atoms. The van der Waals surface area contributed by atoms with Gasteiger partial charge in [0.2, 0.25) is 0 Å². The maximum Gasteiger partial charge on any atom is 0.416 e. The van der Waals surface area contributed by atoms with Crippen LogP contribution in [-0.4, -0.2) is 36.1 Å². The Bertz CT molecular complexity index is 1370. The Kier molecular flexibility index (Phi) is 7.84. The summed E-state index contributed by atoms with van der Waals surface area (Å²) in [7, 11) is 0. The molecule has 0 amide bonds. The first-order valence-electron chi connectivity index (χ1n) is 13.1. The monoisotopic (exact) mass is 519 g/mol. The van der Waals surface area contributed by atoms with E-state index >= 15 is 0 Å². The van der Waals surface area contributed by atoms with E-state index in [4.69, 9.17) is 4.74 Å². The Hall–Kier alpha value is -3.58. The fourth-order valence-electron chi connectivity index (χ4n) is 5.18. The lowest BCUT2D eigenvalue weighted by atomic mass is 9.89. The largest absolute Gasteiger partial charge is 0.493 e. The third kappa shape index (κ3) is 6.45. The van der Waals surface area contributed by atoms with Gasteiger partial charge in [0, 0.05) is 35.1 Å². The average Bonchev–Trinajstić information content (AvgIpc) is 2.91. The fraction of sp³-hybridized carbons (Fsp3) is 0.323. The van der Waals surface area contributed by atoms with Crippen LogP contribution in [0.2, 0.25) is 0 Å². The number of nitrogens with zero attached hydrogens (tertiary/aromatic N) is 2. The maximum atomic E-state index is 13.7. The van der Waals surface area contributed by atoms with Gasteiger partial charge in [0.25, 0.3) is 0 Å². The molecule has 0 unspecified atom stereocenters. The lowest BCUT2D eigenvalue weighted by Gasteiger charge is -2.32. The van der Waals surface area contributed by atoms with E-state index < -0.39 is 11.7 Å². The summed E-state index contributed by atoms with van der Waals surface area (Å²) < 4.78 is 46.9. The van der Waals surface area contributed by atoms with Crippen molar-refractivity contribution in [3.05, 3.63) is 95.7 Å². The zero-order valence-electron chi connectivity index (χ0n) is 21.5. The van der Waals surface area contributed by atoms with Crippen molar-refractivity contribution in [3.8, 4) is 5.75 Å². The molecule has 0 spiro atoms. The first kappa shape index (κ1) is 26.0. The van der Waals surface area contributed by atoms with E-state index in [1.807, 2.05) is 43.3 Å². The van der Waals surface area contributed by atoms with E-state index in [1.165, 1.54) is 5.56 Å². The number of aryl methyl sites for hydroxylation is 1. The van der Waals surface area contributed by atoms with Crippen molar-refractivity contribution in [1.82, 2.24) is 9.88 Å². The predicted octanol–water partition coefficient (Wildman–Crippen LogP) is 7.95. The number of aromatic nitrogens is 1. The highest BCUT2D eigenvalue weighted by molar-refractivity contribution is 5.93. The Morgan fingerprint density at radius 3 is 2.45 bits per heavy atom. The highest BCUT2D eigenvalue weighted by atomic mass is 19.4. The number of halogens is 3. The molecule has 1 aromatic heterocycles. The molecule has 0 aliphatic carbocycles. The van der Waals surface area contributed by atoms with Crippen LogP contribution < -0.4 is 10.1 Å². The van der Waals surface area contributed by atoms with Gasteiger partial charge in [-0.1, -0.05) is 48.5 Å². The number of rotatable bonds is 8. The van der Waals surface area contributed by atoms with Gasteiger partial charge < -0.3 is 15.0 Å². The third-order valence-corrected chi connectivity index (χ3v) is 7.10. The number of hydrogen-bond donors (Lipinski definition) is 1. The van der Waals surface area contributed by atoms with Gasteiger partial charge in [0.1, 0.15) is 5.75 Å². The van der Waals surface area contributed by atoms with Gasteiger partial charge >= 0.3 is 6.18 Å². The van der Waals surface area contributed by atoms with Crippen molar-refractivity contribution < 1.29 is 17.9 Å². The molecule has 1 saturated heterocycles. The number of alkyl halides is 3. The quantitative estimate of drug-likeness (QED) is 0.240. The Labute approximate surface area is 221 Å². The van der Waals surface area contributed by atoms with Crippen LogP contribution in [0.4, 0.5) is 24.5 Å². The van der Waals surface area contributed by atoms with Gasteiger partial charge in [-0.05, 0) is 75.0 Å². The lowest BCUT2D eigenvalue weighted by Crippen LogP contribution is -2.34. The third-order valence-electron chi connectivity index (χ3n) is 7.10. The zero-order valence-corrected chi connectivity index (χ0v) is 21.5. The van der Waals surface area contributed by atoms with E-state index in [1.54, 1.807) is 6.07 Å². The second-order valence-electron chi connectivity index (χ2n) is 9.93. The molecular formula is C31H32F3N3O. The van der Waals surface area contributed by atoms with Gasteiger partial charge in [-0.25, -0.2) is 0 Å². The molecule has 4 aromatic rings. The molecule has 7 heteroatoms. The zero-order chi connectivity index (χ0) is 26.5. The van der Waals surface area contributed by atoms with Crippen LogP contribution in [0.3, 0.4) is 0 Å².